The van der Waals surface area contributed by atoms with Crippen molar-refractivity contribution < 1.29 is 14.1 Å². The summed E-state index contributed by atoms with van der Waals surface area (Å²) in [7, 11) is 0.419. The number of carboxylic acids is 1. The van der Waals surface area contributed by atoms with Crippen molar-refractivity contribution in [2.24, 2.45) is 7.05 Å². The number of hydrogen-bond donors (Lipinski definition) is 1. The van der Waals surface area contributed by atoms with E-state index in [1.807, 2.05) is 13.2 Å². The van der Waals surface area contributed by atoms with E-state index in [9.17, 15) is 9.00 Å². The maximum Gasteiger partial charge on any atom is 0.321 e. The molecule has 0 saturated carbocycles. The van der Waals surface area contributed by atoms with Gasteiger partial charge in [-0.05, 0) is 25.8 Å². The molecule has 1 unspecified atom stereocenters. The van der Waals surface area contributed by atoms with Gasteiger partial charge in [0.1, 0.15) is 4.75 Å². The van der Waals surface area contributed by atoms with Gasteiger partial charge in [0.2, 0.25) is 0 Å². The normalized spacial score (nSPS) is 13.7. The summed E-state index contributed by atoms with van der Waals surface area (Å²) in [4.78, 5) is 10.9. The van der Waals surface area contributed by atoms with Crippen LogP contribution in [0.15, 0.2) is 12.4 Å². The maximum atomic E-state index is 11.8. The molecular weight excluding hydrogens is 228 g/mol. The number of carbonyl (C=O) groups is 1. The summed E-state index contributed by atoms with van der Waals surface area (Å²) in [6.07, 6.45) is 4.12. The van der Waals surface area contributed by atoms with Gasteiger partial charge in [0.15, 0.2) is 0 Å². The fourth-order valence-electron chi connectivity index (χ4n) is 1.16. The van der Waals surface area contributed by atoms with Crippen LogP contribution in [0.5, 0.6) is 0 Å². The zero-order valence-corrected chi connectivity index (χ0v) is 10.5. The van der Waals surface area contributed by atoms with Gasteiger partial charge in [0.05, 0.1) is 6.20 Å². The van der Waals surface area contributed by atoms with E-state index in [1.54, 1.807) is 10.9 Å². The van der Waals surface area contributed by atoms with Gasteiger partial charge in [-0.1, -0.05) is 0 Å². The predicted octanol–water partition coefficient (Wildman–Crippen LogP) is 0.574. The van der Waals surface area contributed by atoms with Gasteiger partial charge < -0.3 is 5.11 Å². The number of aliphatic carboxylic acids is 1. The minimum absolute atomic E-state index is 0.338. The Balaban J connectivity index is 2.56. The number of aryl methyl sites for hydroxylation is 2. The summed E-state index contributed by atoms with van der Waals surface area (Å²) in [6, 6.07) is 0. The highest BCUT2D eigenvalue weighted by Crippen LogP contribution is 2.14. The number of carboxylic acid groups (broad SMARTS) is 1. The van der Waals surface area contributed by atoms with Crippen molar-refractivity contribution in [2.45, 2.75) is 25.0 Å². The Bertz CT molecular complexity index is 412. The van der Waals surface area contributed by atoms with Crippen LogP contribution >= 0.6 is 0 Å². The summed E-state index contributed by atoms with van der Waals surface area (Å²) >= 11 is 0. The van der Waals surface area contributed by atoms with Gasteiger partial charge >= 0.3 is 5.97 Å². The van der Waals surface area contributed by atoms with Gasteiger partial charge in [-0.15, -0.1) is 0 Å². The molecule has 5 nitrogen and oxygen atoms in total. The Morgan fingerprint density at radius 2 is 2.25 bits per heavy atom. The lowest BCUT2D eigenvalue weighted by atomic mass is 10.2. The predicted molar refractivity (Wildman–Crippen MR) is 61.6 cm³/mol. The fourth-order valence-corrected chi connectivity index (χ4v) is 2.29. The van der Waals surface area contributed by atoms with E-state index >= 15 is 0 Å². The average molecular weight is 244 g/mol. The van der Waals surface area contributed by atoms with Crippen LogP contribution in [-0.4, -0.2) is 35.6 Å². The second kappa shape index (κ2) is 4.78. The fraction of sp³-hybridized carbons (Fsp3) is 0.600. The Morgan fingerprint density at radius 1 is 1.62 bits per heavy atom. The van der Waals surface area contributed by atoms with Crippen LogP contribution in [0.3, 0.4) is 0 Å². The molecule has 0 aliphatic carbocycles. The van der Waals surface area contributed by atoms with E-state index in [0.717, 1.165) is 5.56 Å². The van der Waals surface area contributed by atoms with E-state index in [0.29, 0.717) is 12.2 Å². The second-order valence-corrected chi connectivity index (χ2v) is 6.26. The average Bonchev–Trinajstić information content (AvgIpc) is 2.60. The molecule has 0 aliphatic rings. The summed E-state index contributed by atoms with van der Waals surface area (Å²) in [5.41, 5.74) is 0.969. The van der Waals surface area contributed by atoms with Gasteiger partial charge in [-0.25, -0.2) is 0 Å². The standard InChI is InChI=1S/C10H16N2O3S/c1-10(2,9(13)14)16(15)5-4-8-6-11-12(3)7-8/h6-7H,4-5H2,1-3H3,(H,13,14). The van der Waals surface area contributed by atoms with Crippen molar-refractivity contribution in [3.05, 3.63) is 18.0 Å². The quantitative estimate of drug-likeness (QED) is 0.822. The summed E-state index contributed by atoms with van der Waals surface area (Å²) < 4.78 is 12.3. The first kappa shape index (κ1) is 12.9. The second-order valence-electron chi connectivity index (χ2n) is 4.14. The third-order valence-electron chi connectivity index (χ3n) is 2.42. The third kappa shape index (κ3) is 2.91. The molecule has 90 valence electrons. The van der Waals surface area contributed by atoms with Gasteiger partial charge in [0.25, 0.3) is 0 Å². The molecule has 1 rings (SSSR count). The molecule has 1 heterocycles. The summed E-state index contributed by atoms with van der Waals surface area (Å²) in [5, 5.41) is 12.9. The van der Waals surface area contributed by atoms with Crippen LogP contribution in [0.2, 0.25) is 0 Å². The largest absolute Gasteiger partial charge is 0.480 e. The van der Waals surface area contributed by atoms with Crippen LogP contribution in [0, 0.1) is 0 Å². The Labute approximate surface area is 96.9 Å². The molecule has 0 spiro atoms. The van der Waals surface area contributed by atoms with Crippen LogP contribution < -0.4 is 0 Å². The van der Waals surface area contributed by atoms with Crippen molar-refractivity contribution in [3.8, 4) is 0 Å². The van der Waals surface area contributed by atoms with Gasteiger partial charge in [-0.3, -0.25) is 13.7 Å². The minimum Gasteiger partial charge on any atom is -0.480 e. The Hall–Kier alpha value is -1.17. The zero-order chi connectivity index (χ0) is 12.3. The SMILES string of the molecule is Cn1cc(CCS(=O)C(C)(C)C(=O)O)cn1. The van der Waals surface area contributed by atoms with E-state index < -0.39 is 21.5 Å². The maximum absolute atomic E-state index is 11.8. The van der Waals surface area contributed by atoms with Gasteiger partial charge in [0, 0.05) is 29.8 Å². The molecule has 0 bridgehead atoms. The Kier molecular flexibility index (Phi) is 3.85. The van der Waals surface area contributed by atoms with Crippen molar-refractivity contribution >= 4 is 16.8 Å². The Morgan fingerprint density at radius 3 is 2.69 bits per heavy atom. The molecule has 16 heavy (non-hydrogen) atoms. The molecule has 6 heteroatoms. The molecule has 0 radical (unpaired) electrons. The first-order valence-corrected chi connectivity index (χ1v) is 6.25. The number of hydrogen-bond acceptors (Lipinski definition) is 3. The summed E-state index contributed by atoms with van der Waals surface area (Å²) in [5.74, 6) is -0.692. The topological polar surface area (TPSA) is 72.2 Å². The molecule has 1 N–H and O–H groups in total. The van der Waals surface area contributed by atoms with Crippen LogP contribution in [0.25, 0.3) is 0 Å². The first-order chi connectivity index (χ1) is 7.34. The zero-order valence-electron chi connectivity index (χ0n) is 9.64. The first-order valence-electron chi connectivity index (χ1n) is 4.93. The number of rotatable bonds is 5. The molecule has 0 fully saturated rings. The highest BCUT2D eigenvalue weighted by atomic mass is 32.2. The van der Waals surface area contributed by atoms with Crippen molar-refractivity contribution in [1.82, 2.24) is 9.78 Å². The van der Waals surface area contributed by atoms with E-state index in [1.165, 1.54) is 13.8 Å². The monoisotopic (exact) mass is 244 g/mol. The van der Waals surface area contributed by atoms with Crippen molar-refractivity contribution in [2.75, 3.05) is 5.75 Å². The van der Waals surface area contributed by atoms with Crippen LogP contribution in [0.1, 0.15) is 19.4 Å². The molecule has 0 aliphatic heterocycles. The van der Waals surface area contributed by atoms with Crippen molar-refractivity contribution in [3.63, 3.8) is 0 Å². The van der Waals surface area contributed by atoms with Gasteiger partial charge in [-0.2, -0.15) is 5.10 Å². The smallest absolute Gasteiger partial charge is 0.321 e. The molecule has 1 atom stereocenters. The molecule has 1 aromatic heterocycles. The van der Waals surface area contributed by atoms with E-state index in [2.05, 4.69) is 5.10 Å². The molecule has 0 aromatic carbocycles. The van der Waals surface area contributed by atoms with E-state index in [4.69, 9.17) is 5.11 Å². The third-order valence-corrected chi connectivity index (χ3v) is 4.31. The van der Waals surface area contributed by atoms with Crippen LogP contribution in [0.4, 0.5) is 0 Å². The van der Waals surface area contributed by atoms with E-state index in [-0.39, 0.29) is 0 Å². The lowest BCUT2D eigenvalue weighted by molar-refractivity contribution is -0.139. The lowest BCUT2D eigenvalue weighted by Gasteiger charge is -2.17. The lowest BCUT2D eigenvalue weighted by Crippen LogP contribution is -2.38. The minimum atomic E-state index is -1.39. The number of aromatic nitrogens is 2. The number of nitrogens with zero attached hydrogens (tertiary/aromatic N) is 2. The molecular formula is C10H16N2O3S. The van der Waals surface area contributed by atoms with Crippen molar-refractivity contribution in [1.29, 1.82) is 0 Å². The molecule has 1 aromatic rings. The van der Waals surface area contributed by atoms with Crippen LogP contribution in [-0.2, 0) is 29.1 Å². The summed E-state index contributed by atoms with van der Waals surface area (Å²) in [6.45, 7) is 2.96. The highest BCUT2D eigenvalue weighted by molar-refractivity contribution is 7.87. The molecule has 0 amide bonds. The highest BCUT2D eigenvalue weighted by Gasteiger charge is 2.33. The molecule has 0 saturated heterocycles.